The van der Waals surface area contributed by atoms with Crippen LogP contribution in [0.3, 0.4) is 0 Å². The Labute approximate surface area is 53.8 Å². The third-order valence-corrected chi connectivity index (χ3v) is 1.70. The van der Waals surface area contributed by atoms with Gasteiger partial charge in [0.1, 0.15) is 0 Å². The average molecular weight is 134 g/mol. The molecule has 0 radical (unpaired) electrons. The van der Waals surface area contributed by atoms with Crippen LogP contribution in [0.2, 0.25) is 0 Å². The van der Waals surface area contributed by atoms with Crippen molar-refractivity contribution in [3.63, 3.8) is 0 Å². The number of rotatable bonds is 3. The first kappa shape index (κ1) is 7.44. The van der Waals surface area contributed by atoms with Crippen LogP contribution in [-0.2, 0) is 0 Å². The predicted octanol–water partition coefficient (Wildman–Crippen LogP) is 2.57. The van der Waals surface area contributed by atoms with E-state index in [4.69, 9.17) is 0 Å². The van der Waals surface area contributed by atoms with E-state index in [1.807, 2.05) is 11.8 Å². The lowest BCUT2D eigenvalue weighted by molar-refractivity contribution is 1.54. The van der Waals surface area contributed by atoms with Gasteiger partial charge in [-0.2, -0.15) is 0 Å². The van der Waals surface area contributed by atoms with Gasteiger partial charge in [-0.15, -0.1) is 23.5 Å². The van der Waals surface area contributed by atoms with Gasteiger partial charge in [-0.1, -0.05) is 6.92 Å². The zero-order valence-corrected chi connectivity index (χ0v) is 6.31. The first-order valence-electron chi connectivity index (χ1n) is 2.21. The summed E-state index contributed by atoms with van der Waals surface area (Å²) in [7, 11) is 0. The number of hydrogen-bond acceptors (Lipinski definition) is 2. The maximum atomic E-state index is 2.15. The lowest BCUT2D eigenvalue weighted by Gasteiger charge is -1.79. The van der Waals surface area contributed by atoms with Crippen LogP contribution in [0.5, 0.6) is 0 Å². The smallest absolute Gasteiger partial charge is 0.00543 e. The van der Waals surface area contributed by atoms with Gasteiger partial charge in [-0.3, -0.25) is 0 Å². The molecule has 0 spiro atoms. The molecule has 0 heterocycles. The molecule has 0 aromatic heterocycles. The minimum absolute atomic E-state index is 1.18. The van der Waals surface area contributed by atoms with Crippen molar-refractivity contribution in [3.05, 3.63) is 10.8 Å². The van der Waals surface area contributed by atoms with Crippen molar-refractivity contribution in [2.75, 3.05) is 12.0 Å². The first-order valence-corrected chi connectivity index (χ1v) is 4.55. The fourth-order valence-electron chi connectivity index (χ4n) is 0.191. The molecule has 0 bridgehead atoms. The van der Waals surface area contributed by atoms with Crippen LogP contribution in [0.15, 0.2) is 10.8 Å². The molecule has 7 heavy (non-hydrogen) atoms. The van der Waals surface area contributed by atoms with E-state index >= 15 is 0 Å². The summed E-state index contributed by atoms with van der Waals surface area (Å²) in [5.41, 5.74) is 0. The maximum absolute atomic E-state index is 2.15. The Morgan fingerprint density at radius 1 is 1.43 bits per heavy atom. The van der Waals surface area contributed by atoms with E-state index in [-0.39, 0.29) is 0 Å². The lowest BCUT2D eigenvalue weighted by atomic mass is 11.0. The second-order valence-electron chi connectivity index (χ2n) is 0.963. The topological polar surface area (TPSA) is 0 Å². The molecule has 0 rings (SSSR count). The van der Waals surface area contributed by atoms with E-state index in [0.29, 0.717) is 0 Å². The maximum Gasteiger partial charge on any atom is -0.00543 e. The highest BCUT2D eigenvalue weighted by Crippen LogP contribution is 2.03. The Morgan fingerprint density at radius 3 is 2.57 bits per heavy atom. The SMILES string of the molecule is CCS/C=C/SC. The molecule has 0 aliphatic rings. The van der Waals surface area contributed by atoms with Crippen LogP contribution >= 0.6 is 23.5 Å². The summed E-state index contributed by atoms with van der Waals surface area (Å²) < 4.78 is 0. The monoisotopic (exact) mass is 134 g/mol. The van der Waals surface area contributed by atoms with Gasteiger partial charge in [0.25, 0.3) is 0 Å². The normalized spacial score (nSPS) is 10.6. The summed E-state index contributed by atoms with van der Waals surface area (Å²) in [4.78, 5) is 0. The third kappa shape index (κ3) is 6.44. The molecule has 0 amide bonds. The van der Waals surface area contributed by atoms with Crippen molar-refractivity contribution in [3.8, 4) is 0 Å². The van der Waals surface area contributed by atoms with Crippen LogP contribution in [0, 0.1) is 0 Å². The number of thioether (sulfide) groups is 2. The molecular formula is C5H10S2. The Balaban J connectivity index is 2.78. The number of hydrogen-bond donors (Lipinski definition) is 0. The summed E-state index contributed by atoms with van der Waals surface area (Å²) in [5, 5.41) is 4.21. The van der Waals surface area contributed by atoms with Gasteiger partial charge in [-0.05, 0) is 22.8 Å². The molecule has 0 atom stereocenters. The van der Waals surface area contributed by atoms with Crippen LogP contribution < -0.4 is 0 Å². The average Bonchev–Trinajstić information content (AvgIpc) is 1.69. The van der Waals surface area contributed by atoms with Crippen molar-refractivity contribution in [2.45, 2.75) is 6.92 Å². The van der Waals surface area contributed by atoms with Crippen LogP contribution in [0.1, 0.15) is 6.92 Å². The summed E-state index contributed by atoms with van der Waals surface area (Å²) in [5.74, 6) is 1.18. The Kier molecular flexibility index (Phi) is 6.84. The highest BCUT2D eigenvalue weighted by molar-refractivity contribution is 8.05. The lowest BCUT2D eigenvalue weighted by Crippen LogP contribution is -1.54. The highest BCUT2D eigenvalue weighted by Gasteiger charge is 1.67. The largest absolute Gasteiger partial charge is 0.137 e. The minimum Gasteiger partial charge on any atom is -0.137 e. The van der Waals surface area contributed by atoms with Crippen molar-refractivity contribution >= 4 is 23.5 Å². The van der Waals surface area contributed by atoms with Gasteiger partial charge in [0.05, 0.1) is 0 Å². The fraction of sp³-hybridized carbons (Fsp3) is 0.600. The molecule has 0 aromatic rings. The van der Waals surface area contributed by atoms with E-state index in [9.17, 15) is 0 Å². The van der Waals surface area contributed by atoms with Crippen LogP contribution in [0.4, 0.5) is 0 Å². The van der Waals surface area contributed by atoms with Gasteiger partial charge >= 0.3 is 0 Å². The predicted molar refractivity (Wildman–Crippen MR) is 40.8 cm³/mol. The van der Waals surface area contributed by atoms with E-state index in [1.54, 1.807) is 11.8 Å². The molecule has 0 aliphatic heterocycles. The second-order valence-corrected chi connectivity index (χ2v) is 2.89. The van der Waals surface area contributed by atoms with Gasteiger partial charge in [0.2, 0.25) is 0 Å². The van der Waals surface area contributed by atoms with E-state index in [0.717, 1.165) is 0 Å². The molecule has 0 saturated heterocycles. The molecular weight excluding hydrogens is 124 g/mol. The minimum atomic E-state index is 1.18. The van der Waals surface area contributed by atoms with Gasteiger partial charge < -0.3 is 0 Å². The van der Waals surface area contributed by atoms with Crippen molar-refractivity contribution in [1.82, 2.24) is 0 Å². The van der Waals surface area contributed by atoms with Gasteiger partial charge in [-0.25, -0.2) is 0 Å². The van der Waals surface area contributed by atoms with Gasteiger partial charge in [0.15, 0.2) is 0 Å². The molecule has 0 N–H and O–H groups in total. The first-order chi connectivity index (χ1) is 3.41. The van der Waals surface area contributed by atoms with Crippen LogP contribution in [0.25, 0.3) is 0 Å². The second kappa shape index (κ2) is 6.44. The van der Waals surface area contributed by atoms with Gasteiger partial charge in [0, 0.05) is 0 Å². The summed E-state index contributed by atoms with van der Waals surface area (Å²) in [6, 6.07) is 0. The standard InChI is InChI=1S/C5H10S2/c1-3-7-5-4-6-2/h4-5H,3H2,1-2H3/b5-4+. The molecule has 0 fully saturated rings. The van der Waals surface area contributed by atoms with Crippen molar-refractivity contribution in [1.29, 1.82) is 0 Å². The van der Waals surface area contributed by atoms with E-state index in [2.05, 4.69) is 24.0 Å². The van der Waals surface area contributed by atoms with E-state index < -0.39 is 0 Å². The fourth-order valence-corrected chi connectivity index (χ4v) is 1.14. The van der Waals surface area contributed by atoms with E-state index in [1.165, 1.54) is 5.75 Å². The highest BCUT2D eigenvalue weighted by atomic mass is 32.2. The molecule has 2 heteroatoms. The zero-order chi connectivity index (χ0) is 5.54. The molecule has 0 nitrogen and oxygen atoms in total. The molecule has 0 aromatic carbocycles. The molecule has 0 saturated carbocycles. The quantitative estimate of drug-likeness (QED) is 0.582. The Hall–Kier alpha value is 0.440. The Bertz CT molecular complexity index is 50.0. The molecule has 0 unspecified atom stereocenters. The summed E-state index contributed by atoms with van der Waals surface area (Å²) in [6.07, 6.45) is 2.06. The summed E-state index contributed by atoms with van der Waals surface area (Å²) >= 11 is 3.57. The van der Waals surface area contributed by atoms with Crippen molar-refractivity contribution < 1.29 is 0 Å². The van der Waals surface area contributed by atoms with Crippen LogP contribution in [-0.4, -0.2) is 12.0 Å². The zero-order valence-electron chi connectivity index (χ0n) is 4.68. The molecule has 42 valence electrons. The Morgan fingerprint density at radius 2 is 2.14 bits per heavy atom. The van der Waals surface area contributed by atoms with Crippen molar-refractivity contribution in [2.24, 2.45) is 0 Å². The third-order valence-electron chi connectivity index (χ3n) is 0.455. The summed E-state index contributed by atoms with van der Waals surface area (Å²) in [6.45, 7) is 2.15. The molecule has 0 aliphatic carbocycles.